The second-order valence-electron chi connectivity index (χ2n) is 29.9. The monoisotopic (exact) mass is 1290 g/mol. The van der Waals surface area contributed by atoms with Crippen molar-refractivity contribution in [3.63, 3.8) is 0 Å². The van der Waals surface area contributed by atoms with Gasteiger partial charge in [-0.1, -0.05) is 121 Å². The molecule has 11 atom stereocenters. The van der Waals surface area contributed by atoms with E-state index in [9.17, 15) is 18.0 Å². The van der Waals surface area contributed by atoms with Crippen molar-refractivity contribution in [1.29, 1.82) is 0 Å². The predicted octanol–water partition coefficient (Wildman–Crippen LogP) is 13.6. The lowest BCUT2D eigenvalue weighted by molar-refractivity contribution is -0.165. The third-order valence-corrected chi connectivity index (χ3v) is 23.8. The van der Waals surface area contributed by atoms with E-state index in [4.69, 9.17) is 16.6 Å². The van der Waals surface area contributed by atoms with E-state index in [1.807, 2.05) is 18.5 Å². The summed E-state index contributed by atoms with van der Waals surface area (Å²) in [5.74, 6) is 2.82. The number of nitrogens with one attached hydrogen (secondary N) is 6. The number of hydrogen-bond donors (Lipinski definition) is 6. The average Bonchev–Trinajstić information content (AvgIpc) is 1.09. The van der Waals surface area contributed by atoms with E-state index in [0.717, 1.165) is 114 Å². The molecule has 6 N–H and O–H groups in total. The van der Waals surface area contributed by atoms with Gasteiger partial charge in [-0.2, -0.15) is 13.2 Å². The number of alkyl halides is 3. The lowest BCUT2D eigenvalue weighted by atomic mass is 9.73. The van der Waals surface area contributed by atoms with Crippen LogP contribution in [-0.2, 0) is 17.4 Å². The normalized spacial score (nSPS) is 31.5. The second-order valence-corrected chi connectivity index (χ2v) is 30.3. The van der Waals surface area contributed by atoms with E-state index in [1.54, 1.807) is 0 Å². The molecule has 1 spiro atoms. The van der Waals surface area contributed by atoms with E-state index in [0.29, 0.717) is 67.2 Å². The van der Waals surface area contributed by atoms with Gasteiger partial charge in [0.15, 0.2) is 0 Å². The molecule has 4 aliphatic heterocycles. The summed E-state index contributed by atoms with van der Waals surface area (Å²) in [4.78, 5) is 31.8. The average molecular weight is 1290 g/mol. The Morgan fingerprint density at radius 3 is 2.21 bits per heavy atom. The maximum absolute atomic E-state index is 14.7. The number of nitrogens with zero attached hydrogens (tertiary/aromatic N) is 6. The van der Waals surface area contributed by atoms with Gasteiger partial charge in [0, 0.05) is 168 Å². The Labute approximate surface area is 553 Å². The summed E-state index contributed by atoms with van der Waals surface area (Å²) < 4.78 is 41.1. The number of hydrogen-bond acceptors (Lipinski definition) is 12. The summed E-state index contributed by atoms with van der Waals surface area (Å²) >= 11 is 6.22. The van der Waals surface area contributed by atoms with Crippen molar-refractivity contribution in [2.45, 2.75) is 275 Å². The molecule has 512 valence electrons. The molecule has 4 aliphatic carbocycles. The molecule has 1 amide bonds. The Morgan fingerprint density at radius 2 is 1.52 bits per heavy atom. The number of benzene rings is 1. The second kappa shape index (κ2) is 34.3. The highest BCUT2D eigenvalue weighted by Crippen LogP contribution is 2.44. The van der Waals surface area contributed by atoms with Crippen LogP contribution in [0.5, 0.6) is 0 Å². The van der Waals surface area contributed by atoms with E-state index < -0.39 is 11.7 Å². The SMILES string of the molecule is CC[C@H](C)[C@H]1CN[C@@H](CC2CCCC2)C(C)NCC2[C@@H](C(=O)N3CCC3)C(C)N2[C@@H](C2CCCC2)C(C)NC2(CCCC2)CNCCN=CC=C(CCc2ccc(C(F)(F)F)c(Cl)c2)NC=CN(C)C=C(CC2CCCCC2)N(C)C=C2CCCN2[C@@H](C)C(C)N1. The molecule has 0 aromatic heterocycles. The molecule has 1 aromatic carbocycles. The van der Waals surface area contributed by atoms with Crippen LogP contribution in [0, 0.1) is 29.6 Å². The lowest BCUT2D eigenvalue weighted by Crippen LogP contribution is -2.76. The smallest absolute Gasteiger partial charge is 0.369 e. The fourth-order valence-corrected chi connectivity index (χ4v) is 17.8. The summed E-state index contributed by atoms with van der Waals surface area (Å²) in [5.41, 5.74) is 3.49. The minimum Gasteiger partial charge on any atom is -0.369 e. The molecule has 4 heterocycles. The number of rotatable bonds is 11. The third kappa shape index (κ3) is 19.5. The van der Waals surface area contributed by atoms with Crippen LogP contribution in [0.4, 0.5) is 13.2 Å². The topological polar surface area (TPSA) is 118 Å². The van der Waals surface area contributed by atoms with Crippen molar-refractivity contribution in [1.82, 2.24) is 56.4 Å². The number of aryl methyl sites for hydroxylation is 1. The minimum absolute atomic E-state index is 0.0105. The quantitative estimate of drug-likeness (QED) is 0.127. The van der Waals surface area contributed by atoms with Crippen LogP contribution in [0.25, 0.3) is 0 Å². The fourth-order valence-electron chi connectivity index (χ4n) is 17.4. The summed E-state index contributed by atoms with van der Waals surface area (Å²) in [6.45, 7) is 23.7. The predicted molar refractivity (Wildman–Crippen MR) is 371 cm³/mol. The van der Waals surface area contributed by atoms with E-state index in [2.05, 4.69) is 138 Å². The lowest BCUT2D eigenvalue weighted by Gasteiger charge is -2.60. The summed E-state index contributed by atoms with van der Waals surface area (Å²) in [6, 6.07) is 6.39. The van der Waals surface area contributed by atoms with Crippen molar-refractivity contribution in [2.75, 3.05) is 66.5 Å². The van der Waals surface area contributed by atoms with Crippen LogP contribution >= 0.6 is 11.6 Å². The van der Waals surface area contributed by atoms with Gasteiger partial charge < -0.3 is 51.5 Å². The Hall–Kier alpha value is -3.64. The number of halogens is 4. The van der Waals surface area contributed by atoms with Gasteiger partial charge >= 0.3 is 6.18 Å². The zero-order valence-corrected chi connectivity index (χ0v) is 58.5. The number of amides is 1. The van der Waals surface area contributed by atoms with Crippen molar-refractivity contribution >= 4 is 23.7 Å². The fraction of sp³-hybridized carbons (Fsp3) is 0.784. The molecule has 4 saturated carbocycles. The van der Waals surface area contributed by atoms with Crippen LogP contribution in [0.15, 0.2) is 71.2 Å². The van der Waals surface area contributed by atoms with Gasteiger partial charge in [0.25, 0.3) is 0 Å². The highest BCUT2D eigenvalue weighted by Gasteiger charge is 2.56. The largest absolute Gasteiger partial charge is 0.417 e. The molecule has 0 radical (unpaired) electrons. The summed E-state index contributed by atoms with van der Waals surface area (Å²) in [7, 11) is 4.34. The van der Waals surface area contributed by atoms with Gasteiger partial charge in [-0.25, -0.2) is 0 Å². The van der Waals surface area contributed by atoms with Crippen molar-refractivity contribution in [3.05, 3.63) is 82.3 Å². The van der Waals surface area contributed by atoms with Gasteiger partial charge in [-0.05, 0) is 153 Å². The number of carbonyl (C=O) groups is 1. The molecule has 17 heteroatoms. The number of aliphatic imine (C=N–C) groups is 1. The summed E-state index contributed by atoms with van der Waals surface area (Å²) in [6.07, 6.45) is 37.2. The van der Waals surface area contributed by atoms with Crippen molar-refractivity contribution < 1.29 is 18.0 Å². The molecular formula is C74H122ClF3N12O. The van der Waals surface area contributed by atoms with Crippen LogP contribution in [0.2, 0.25) is 5.02 Å². The number of carbonyl (C=O) groups excluding carboxylic acids is 1. The first-order valence-corrected chi connectivity index (χ1v) is 37.1. The molecule has 1 aromatic rings. The molecule has 7 fully saturated rings. The van der Waals surface area contributed by atoms with Crippen LogP contribution in [-0.4, -0.2) is 163 Å². The number of fused-ring (bicyclic) bond motifs is 2. The Bertz CT molecular complexity index is 2570. The van der Waals surface area contributed by atoms with Gasteiger partial charge in [-0.15, -0.1) is 0 Å². The molecule has 13 nitrogen and oxygen atoms in total. The highest BCUT2D eigenvalue weighted by atomic mass is 35.5. The van der Waals surface area contributed by atoms with Crippen molar-refractivity contribution in [3.8, 4) is 0 Å². The van der Waals surface area contributed by atoms with Gasteiger partial charge in [0.1, 0.15) is 0 Å². The molecule has 0 bridgehead atoms. The molecule has 5 unspecified atom stereocenters. The number of likely N-dealkylation sites (tertiary alicyclic amines) is 1. The van der Waals surface area contributed by atoms with E-state index in [1.165, 1.54) is 126 Å². The van der Waals surface area contributed by atoms with E-state index >= 15 is 0 Å². The Balaban J connectivity index is 1.00. The van der Waals surface area contributed by atoms with Crippen LogP contribution in [0.1, 0.15) is 214 Å². The zero-order valence-electron chi connectivity index (χ0n) is 57.7. The number of allylic oxidation sites excluding steroid dienone is 4. The molecular weight excluding hydrogens is 1170 g/mol. The van der Waals surface area contributed by atoms with E-state index in [-0.39, 0.29) is 46.7 Å². The van der Waals surface area contributed by atoms with Crippen LogP contribution < -0.4 is 31.9 Å². The first-order chi connectivity index (χ1) is 43.8. The first kappa shape index (κ1) is 71.6. The summed E-state index contributed by atoms with van der Waals surface area (Å²) in [5, 5.41) is 24.3. The Morgan fingerprint density at radius 1 is 0.802 bits per heavy atom. The molecule has 91 heavy (non-hydrogen) atoms. The molecule has 9 rings (SSSR count). The maximum Gasteiger partial charge on any atom is 0.417 e. The van der Waals surface area contributed by atoms with Gasteiger partial charge in [-0.3, -0.25) is 14.7 Å². The molecule has 8 aliphatic rings. The van der Waals surface area contributed by atoms with Crippen LogP contribution in [0.3, 0.4) is 0 Å². The van der Waals surface area contributed by atoms with Crippen molar-refractivity contribution in [2.24, 2.45) is 34.6 Å². The Kier molecular flexibility index (Phi) is 27.0. The van der Waals surface area contributed by atoms with Gasteiger partial charge in [0.05, 0.1) is 23.0 Å². The zero-order chi connectivity index (χ0) is 64.7. The minimum atomic E-state index is -4.51. The third-order valence-electron chi connectivity index (χ3n) is 23.4. The standard InChI is InChI=1S/C74H122ClF3N12O/c1-10-52(2)68-47-83-67(46-59-24-14-15-25-59)54(4)82-48-69-70(72(91)88-40-21-41-88)57(7)90(69)71(61-26-16-17-27-61)55(5)85-73(34-18-19-35-73)51-80-38-37-79-36-33-62(31-29-60-30-32-65(66(75)45-60)74(76,77)78)81-39-43-86(8)49-64(44-58-22-12-11-13-23-58)87(9)50-63-28-20-42-89(63)56(6)53(3)84-68/h30,32-33,36,39,43,45,49-50,52-59,61,67-71,80-85H,10-29,31,34-35,37-38,40-42,44,46-48,51H2,1-9H3/t52-,53?,54?,55?,56-,57?,67-,68+,69?,70-,71+/m0/s1. The maximum atomic E-state index is 14.7. The molecule has 3 saturated heterocycles. The highest BCUT2D eigenvalue weighted by molar-refractivity contribution is 6.31. The van der Waals surface area contributed by atoms with Gasteiger partial charge in [0.2, 0.25) is 5.91 Å². The first-order valence-electron chi connectivity index (χ1n) is 36.7.